The van der Waals surface area contributed by atoms with Crippen molar-refractivity contribution in [2.45, 2.75) is 18.9 Å². The maximum absolute atomic E-state index is 12.1. The first-order chi connectivity index (χ1) is 11.7. The molecule has 1 unspecified atom stereocenters. The standard InChI is InChI=1S/C16H21N5O3.ClH/c22-15(18-7-8-19-16(23)14-4-2-10-24-14)13-5-9-21(20-13)12-3-1-6-17-11-12;/h2,4-5,9-10,12,17H,1,3,6-8,11H2,(H,18,22)(H,19,23);1H. The van der Waals surface area contributed by atoms with Crippen molar-refractivity contribution in [3.8, 4) is 0 Å². The lowest BCUT2D eigenvalue weighted by Crippen LogP contribution is -2.35. The average Bonchev–Trinajstić information content (AvgIpc) is 3.31. The van der Waals surface area contributed by atoms with Gasteiger partial charge < -0.3 is 20.4 Å². The fraction of sp³-hybridized carbons (Fsp3) is 0.438. The summed E-state index contributed by atoms with van der Waals surface area (Å²) in [5.74, 6) is -0.297. The van der Waals surface area contributed by atoms with Crippen LogP contribution < -0.4 is 16.0 Å². The van der Waals surface area contributed by atoms with Crippen LogP contribution in [0.5, 0.6) is 0 Å². The van der Waals surface area contributed by atoms with Crippen LogP contribution in [0, 0.1) is 0 Å². The van der Waals surface area contributed by atoms with Gasteiger partial charge in [-0.2, -0.15) is 5.10 Å². The van der Waals surface area contributed by atoms with Gasteiger partial charge in [0, 0.05) is 25.8 Å². The Morgan fingerprint density at radius 1 is 1.28 bits per heavy atom. The second kappa shape index (κ2) is 9.24. The number of amides is 2. The summed E-state index contributed by atoms with van der Waals surface area (Å²) in [7, 11) is 0. The lowest BCUT2D eigenvalue weighted by Gasteiger charge is -2.22. The molecule has 2 aromatic heterocycles. The fourth-order valence-electron chi connectivity index (χ4n) is 2.66. The number of hydrogen-bond donors (Lipinski definition) is 3. The van der Waals surface area contributed by atoms with Crippen molar-refractivity contribution in [1.29, 1.82) is 0 Å². The molecule has 3 N–H and O–H groups in total. The van der Waals surface area contributed by atoms with Crippen molar-refractivity contribution < 1.29 is 14.0 Å². The lowest BCUT2D eigenvalue weighted by molar-refractivity contribution is 0.0909. The normalized spacial score (nSPS) is 16.7. The minimum atomic E-state index is -0.302. The number of nitrogens with zero attached hydrogens (tertiary/aromatic N) is 2. The van der Waals surface area contributed by atoms with Crippen LogP contribution >= 0.6 is 12.4 Å². The fourth-order valence-corrected chi connectivity index (χ4v) is 2.66. The molecule has 8 nitrogen and oxygen atoms in total. The zero-order valence-corrected chi connectivity index (χ0v) is 14.6. The molecule has 1 aliphatic heterocycles. The summed E-state index contributed by atoms with van der Waals surface area (Å²) in [6.07, 6.45) is 5.45. The number of nitrogens with one attached hydrogen (secondary N) is 3. The molecule has 0 aromatic carbocycles. The largest absolute Gasteiger partial charge is 0.459 e. The Balaban J connectivity index is 0.00000225. The van der Waals surface area contributed by atoms with Gasteiger partial charge in [0.2, 0.25) is 0 Å². The lowest BCUT2D eigenvalue weighted by atomic mass is 10.1. The number of piperidine rings is 1. The molecule has 2 amide bonds. The van der Waals surface area contributed by atoms with Crippen molar-refractivity contribution >= 4 is 24.2 Å². The molecule has 1 aliphatic rings. The molecule has 0 spiro atoms. The van der Waals surface area contributed by atoms with E-state index in [4.69, 9.17) is 4.42 Å². The van der Waals surface area contributed by atoms with Crippen LogP contribution in [-0.2, 0) is 0 Å². The molecule has 1 fully saturated rings. The third-order valence-corrected chi connectivity index (χ3v) is 3.93. The summed E-state index contributed by atoms with van der Waals surface area (Å²) in [5, 5.41) is 13.1. The van der Waals surface area contributed by atoms with E-state index in [1.165, 1.54) is 6.26 Å². The van der Waals surface area contributed by atoms with Crippen LogP contribution in [0.4, 0.5) is 0 Å². The summed E-state index contributed by atoms with van der Waals surface area (Å²) >= 11 is 0. The number of hydrogen-bond acceptors (Lipinski definition) is 5. The first-order valence-electron chi connectivity index (χ1n) is 8.10. The average molecular weight is 368 g/mol. The van der Waals surface area contributed by atoms with Crippen molar-refractivity contribution in [3.63, 3.8) is 0 Å². The van der Waals surface area contributed by atoms with Gasteiger partial charge in [0.25, 0.3) is 11.8 Å². The van der Waals surface area contributed by atoms with E-state index >= 15 is 0 Å². The maximum atomic E-state index is 12.1. The van der Waals surface area contributed by atoms with Crippen LogP contribution in [0.25, 0.3) is 0 Å². The van der Waals surface area contributed by atoms with Gasteiger partial charge in [-0.1, -0.05) is 0 Å². The quantitative estimate of drug-likeness (QED) is 0.661. The zero-order valence-electron chi connectivity index (χ0n) is 13.7. The highest BCUT2D eigenvalue weighted by Crippen LogP contribution is 2.15. The summed E-state index contributed by atoms with van der Waals surface area (Å²) < 4.78 is 6.83. The van der Waals surface area contributed by atoms with Gasteiger partial charge >= 0.3 is 0 Å². The highest BCUT2D eigenvalue weighted by Gasteiger charge is 2.17. The molecule has 0 bridgehead atoms. The first kappa shape index (κ1) is 19.0. The predicted octanol–water partition coefficient (Wildman–Crippen LogP) is 0.982. The predicted molar refractivity (Wildman–Crippen MR) is 94.0 cm³/mol. The van der Waals surface area contributed by atoms with Crippen LogP contribution in [0.3, 0.4) is 0 Å². The second-order valence-corrected chi connectivity index (χ2v) is 5.67. The van der Waals surface area contributed by atoms with E-state index in [2.05, 4.69) is 21.0 Å². The Morgan fingerprint density at radius 2 is 2.08 bits per heavy atom. The molecule has 3 rings (SSSR count). The molecule has 0 aliphatic carbocycles. The van der Waals surface area contributed by atoms with Gasteiger partial charge in [-0.3, -0.25) is 14.3 Å². The van der Waals surface area contributed by atoms with Gasteiger partial charge in [0.05, 0.1) is 12.3 Å². The van der Waals surface area contributed by atoms with E-state index in [1.54, 1.807) is 18.2 Å². The second-order valence-electron chi connectivity index (χ2n) is 5.67. The summed E-state index contributed by atoms with van der Waals surface area (Å²) in [6, 6.07) is 5.24. The van der Waals surface area contributed by atoms with Crippen molar-refractivity contribution in [2.24, 2.45) is 0 Å². The topological polar surface area (TPSA) is 101 Å². The van der Waals surface area contributed by atoms with Gasteiger partial charge in [0.15, 0.2) is 5.76 Å². The van der Waals surface area contributed by atoms with Crippen LogP contribution in [-0.4, -0.2) is 47.8 Å². The number of aromatic nitrogens is 2. The number of furan rings is 1. The van der Waals surface area contributed by atoms with Crippen molar-refractivity contribution in [3.05, 3.63) is 42.1 Å². The summed E-state index contributed by atoms with van der Waals surface area (Å²) in [6.45, 7) is 2.55. The van der Waals surface area contributed by atoms with Crippen LogP contribution in [0.15, 0.2) is 35.1 Å². The third kappa shape index (κ3) is 5.07. The monoisotopic (exact) mass is 367 g/mol. The van der Waals surface area contributed by atoms with Gasteiger partial charge in [-0.15, -0.1) is 12.4 Å². The minimum absolute atomic E-state index is 0. The molecule has 0 radical (unpaired) electrons. The zero-order chi connectivity index (χ0) is 16.8. The molecule has 2 aromatic rings. The molecule has 25 heavy (non-hydrogen) atoms. The number of halogens is 1. The number of carbonyl (C=O) groups excluding carboxylic acids is 2. The molecule has 1 atom stereocenters. The first-order valence-corrected chi connectivity index (χ1v) is 8.10. The Bertz CT molecular complexity index is 680. The van der Waals surface area contributed by atoms with Crippen LogP contribution in [0.1, 0.15) is 39.9 Å². The van der Waals surface area contributed by atoms with E-state index < -0.39 is 0 Å². The Kier molecular flexibility index (Phi) is 7.03. The molecule has 9 heteroatoms. The van der Waals surface area contributed by atoms with Crippen LogP contribution in [0.2, 0.25) is 0 Å². The Morgan fingerprint density at radius 3 is 2.76 bits per heavy atom. The highest BCUT2D eigenvalue weighted by molar-refractivity contribution is 5.92. The van der Waals surface area contributed by atoms with Gasteiger partial charge in [0.1, 0.15) is 5.69 Å². The maximum Gasteiger partial charge on any atom is 0.287 e. The number of rotatable bonds is 6. The van der Waals surface area contributed by atoms with E-state index in [9.17, 15) is 9.59 Å². The molecule has 3 heterocycles. The highest BCUT2D eigenvalue weighted by atomic mass is 35.5. The summed E-state index contributed by atoms with van der Waals surface area (Å²) in [5.41, 5.74) is 0.387. The molecular formula is C16H22ClN5O3. The van der Waals surface area contributed by atoms with Crippen molar-refractivity contribution in [2.75, 3.05) is 26.2 Å². The third-order valence-electron chi connectivity index (χ3n) is 3.93. The molecule has 0 saturated carbocycles. The van der Waals surface area contributed by atoms with E-state index in [1.807, 2.05) is 10.9 Å². The van der Waals surface area contributed by atoms with Crippen molar-refractivity contribution in [1.82, 2.24) is 25.7 Å². The smallest absolute Gasteiger partial charge is 0.287 e. The summed E-state index contributed by atoms with van der Waals surface area (Å²) in [4.78, 5) is 23.7. The SMILES string of the molecule is Cl.O=C(NCCNC(=O)c1ccco1)c1ccn(C2CCCNC2)n1. The van der Waals surface area contributed by atoms with E-state index in [0.717, 1.165) is 25.9 Å². The molecular weight excluding hydrogens is 346 g/mol. The number of carbonyl (C=O) groups is 2. The Hall–Kier alpha value is -2.32. The van der Waals surface area contributed by atoms with E-state index in [-0.39, 0.29) is 30.0 Å². The van der Waals surface area contributed by atoms with Gasteiger partial charge in [-0.05, 0) is 37.6 Å². The van der Waals surface area contributed by atoms with Gasteiger partial charge in [-0.25, -0.2) is 0 Å². The minimum Gasteiger partial charge on any atom is -0.459 e. The molecule has 1 saturated heterocycles. The molecule has 136 valence electrons. The Labute approximate surface area is 151 Å². The van der Waals surface area contributed by atoms with E-state index in [0.29, 0.717) is 24.8 Å².